The molecular weight excluding hydrogens is 246 g/mol. The van der Waals surface area contributed by atoms with Crippen molar-refractivity contribution in [2.75, 3.05) is 26.7 Å². The Morgan fingerprint density at radius 1 is 1.30 bits per heavy atom. The van der Waals surface area contributed by atoms with Crippen molar-refractivity contribution in [1.29, 1.82) is 0 Å². The van der Waals surface area contributed by atoms with Gasteiger partial charge < -0.3 is 10.6 Å². The predicted molar refractivity (Wildman–Crippen MR) is 85.9 cm³/mol. The normalized spacial score (nSPS) is 24.6. The highest BCUT2D eigenvalue weighted by Gasteiger charge is 2.31. The van der Waals surface area contributed by atoms with E-state index in [1.165, 1.54) is 17.5 Å². The molecule has 3 unspecified atom stereocenters. The molecule has 0 saturated carbocycles. The summed E-state index contributed by atoms with van der Waals surface area (Å²) in [5.74, 6) is 0. The van der Waals surface area contributed by atoms with Crippen LogP contribution in [0.25, 0.3) is 0 Å². The van der Waals surface area contributed by atoms with Crippen molar-refractivity contribution in [2.24, 2.45) is 5.73 Å². The minimum Gasteiger partial charge on any atom is -0.326 e. The van der Waals surface area contributed by atoms with Crippen LogP contribution in [0.1, 0.15) is 37.4 Å². The first-order valence-corrected chi connectivity index (χ1v) is 7.80. The molecule has 0 spiro atoms. The van der Waals surface area contributed by atoms with E-state index in [0.29, 0.717) is 12.1 Å². The van der Waals surface area contributed by atoms with Gasteiger partial charge in [0.05, 0.1) is 0 Å². The molecule has 1 heterocycles. The zero-order valence-electron chi connectivity index (χ0n) is 13.3. The lowest BCUT2D eigenvalue weighted by Crippen LogP contribution is -2.54. The molecule has 1 saturated heterocycles. The van der Waals surface area contributed by atoms with Gasteiger partial charge in [0.2, 0.25) is 0 Å². The lowest BCUT2D eigenvalue weighted by molar-refractivity contribution is 0.0547. The summed E-state index contributed by atoms with van der Waals surface area (Å²) < 4.78 is 0. The molecule has 112 valence electrons. The number of hydrogen-bond donors (Lipinski definition) is 1. The minimum atomic E-state index is 0.150. The standard InChI is InChI=1S/C17H29N3/c1-5-15-12-20(11-10-19(15)4)17(14(3)18)16-9-7-6-8-13(16)2/h6-9,14-15,17H,5,10-12,18H2,1-4H3. The Balaban J connectivity index is 2.24. The molecule has 0 aliphatic carbocycles. The third-order valence-electron chi connectivity index (χ3n) is 4.68. The molecular formula is C17H29N3. The summed E-state index contributed by atoms with van der Waals surface area (Å²) in [5.41, 5.74) is 9.07. The number of piperazine rings is 1. The largest absolute Gasteiger partial charge is 0.326 e. The Bertz CT molecular complexity index is 430. The van der Waals surface area contributed by atoms with Gasteiger partial charge in [0.15, 0.2) is 0 Å². The highest BCUT2D eigenvalue weighted by Crippen LogP contribution is 2.28. The van der Waals surface area contributed by atoms with E-state index >= 15 is 0 Å². The van der Waals surface area contributed by atoms with Crippen molar-refractivity contribution < 1.29 is 0 Å². The van der Waals surface area contributed by atoms with Gasteiger partial charge in [-0.05, 0) is 38.4 Å². The molecule has 2 N–H and O–H groups in total. The van der Waals surface area contributed by atoms with Crippen LogP contribution in [0.5, 0.6) is 0 Å². The molecule has 0 amide bonds. The quantitative estimate of drug-likeness (QED) is 0.916. The molecule has 1 aromatic rings. The van der Waals surface area contributed by atoms with Crippen LogP contribution in [0.4, 0.5) is 0 Å². The molecule has 3 atom stereocenters. The number of hydrogen-bond acceptors (Lipinski definition) is 3. The fourth-order valence-corrected chi connectivity index (χ4v) is 3.39. The van der Waals surface area contributed by atoms with Crippen molar-refractivity contribution in [3.8, 4) is 0 Å². The number of benzene rings is 1. The van der Waals surface area contributed by atoms with Crippen molar-refractivity contribution in [3.05, 3.63) is 35.4 Å². The smallest absolute Gasteiger partial charge is 0.0500 e. The van der Waals surface area contributed by atoms with E-state index in [9.17, 15) is 0 Å². The molecule has 2 rings (SSSR count). The Hall–Kier alpha value is -0.900. The maximum Gasteiger partial charge on any atom is 0.0500 e. The number of nitrogens with zero attached hydrogens (tertiary/aromatic N) is 2. The molecule has 1 aliphatic rings. The minimum absolute atomic E-state index is 0.150. The Labute approximate surface area is 123 Å². The average Bonchev–Trinajstić information content (AvgIpc) is 2.42. The van der Waals surface area contributed by atoms with Gasteiger partial charge in [-0.25, -0.2) is 0 Å². The van der Waals surface area contributed by atoms with Gasteiger partial charge in [-0.3, -0.25) is 4.90 Å². The first-order chi connectivity index (χ1) is 9.54. The fraction of sp³-hybridized carbons (Fsp3) is 0.647. The van der Waals surface area contributed by atoms with E-state index in [1.54, 1.807) is 0 Å². The van der Waals surface area contributed by atoms with Crippen LogP contribution in [-0.4, -0.2) is 48.6 Å². The third-order valence-corrected chi connectivity index (χ3v) is 4.68. The van der Waals surface area contributed by atoms with Crippen molar-refractivity contribution >= 4 is 0 Å². The second-order valence-corrected chi connectivity index (χ2v) is 6.20. The van der Waals surface area contributed by atoms with E-state index in [4.69, 9.17) is 5.73 Å². The molecule has 0 radical (unpaired) electrons. The maximum atomic E-state index is 6.33. The number of aryl methyl sites for hydroxylation is 1. The molecule has 1 aliphatic heterocycles. The third kappa shape index (κ3) is 3.22. The van der Waals surface area contributed by atoms with E-state index in [2.05, 4.69) is 61.9 Å². The summed E-state index contributed by atoms with van der Waals surface area (Å²) in [6, 6.07) is 9.80. The van der Waals surface area contributed by atoms with Gasteiger partial charge in [0, 0.05) is 37.8 Å². The molecule has 3 heteroatoms. The van der Waals surface area contributed by atoms with E-state index in [-0.39, 0.29) is 6.04 Å². The van der Waals surface area contributed by atoms with Crippen molar-refractivity contribution in [3.63, 3.8) is 0 Å². The number of likely N-dealkylation sites (N-methyl/N-ethyl adjacent to an activating group) is 1. The maximum absolute atomic E-state index is 6.33. The monoisotopic (exact) mass is 275 g/mol. The SMILES string of the molecule is CCC1CN(C(c2ccccc2C)C(C)N)CCN1C. The van der Waals surface area contributed by atoms with Gasteiger partial charge in [0.25, 0.3) is 0 Å². The molecule has 0 aromatic heterocycles. The van der Waals surface area contributed by atoms with Gasteiger partial charge in [-0.2, -0.15) is 0 Å². The van der Waals surface area contributed by atoms with Gasteiger partial charge in [-0.1, -0.05) is 31.2 Å². The highest BCUT2D eigenvalue weighted by atomic mass is 15.3. The average molecular weight is 275 g/mol. The van der Waals surface area contributed by atoms with Gasteiger partial charge in [-0.15, -0.1) is 0 Å². The summed E-state index contributed by atoms with van der Waals surface area (Å²) >= 11 is 0. The second-order valence-electron chi connectivity index (χ2n) is 6.20. The molecule has 1 aromatic carbocycles. The highest BCUT2D eigenvalue weighted by molar-refractivity contribution is 5.30. The topological polar surface area (TPSA) is 32.5 Å². The molecule has 3 nitrogen and oxygen atoms in total. The van der Waals surface area contributed by atoms with Gasteiger partial charge in [0.1, 0.15) is 0 Å². The predicted octanol–water partition coefficient (Wildman–Crippen LogP) is 2.41. The molecule has 0 bridgehead atoms. The summed E-state index contributed by atoms with van der Waals surface area (Å²) in [4.78, 5) is 5.06. The molecule has 20 heavy (non-hydrogen) atoms. The Morgan fingerprint density at radius 3 is 2.60 bits per heavy atom. The van der Waals surface area contributed by atoms with Crippen LogP contribution < -0.4 is 5.73 Å². The Morgan fingerprint density at radius 2 is 2.00 bits per heavy atom. The van der Waals surface area contributed by atoms with Crippen LogP contribution in [-0.2, 0) is 0 Å². The van der Waals surface area contributed by atoms with E-state index in [0.717, 1.165) is 19.6 Å². The van der Waals surface area contributed by atoms with Crippen LogP contribution >= 0.6 is 0 Å². The fourth-order valence-electron chi connectivity index (χ4n) is 3.39. The van der Waals surface area contributed by atoms with E-state index in [1.807, 2.05) is 0 Å². The number of rotatable bonds is 4. The molecule has 1 fully saturated rings. The summed E-state index contributed by atoms with van der Waals surface area (Å²) in [5, 5.41) is 0. The van der Waals surface area contributed by atoms with Crippen LogP contribution in [0.3, 0.4) is 0 Å². The van der Waals surface area contributed by atoms with Crippen LogP contribution in [0, 0.1) is 6.92 Å². The summed E-state index contributed by atoms with van der Waals surface area (Å²) in [6.45, 7) is 9.96. The number of nitrogens with two attached hydrogens (primary N) is 1. The van der Waals surface area contributed by atoms with Crippen LogP contribution in [0.15, 0.2) is 24.3 Å². The Kier molecular flexibility index (Phi) is 5.19. The lowest BCUT2D eigenvalue weighted by atomic mass is 9.93. The zero-order valence-corrected chi connectivity index (χ0v) is 13.3. The van der Waals surface area contributed by atoms with E-state index < -0.39 is 0 Å². The van der Waals surface area contributed by atoms with Crippen molar-refractivity contribution in [1.82, 2.24) is 9.80 Å². The zero-order chi connectivity index (χ0) is 14.7. The van der Waals surface area contributed by atoms with Crippen LogP contribution in [0.2, 0.25) is 0 Å². The van der Waals surface area contributed by atoms with Gasteiger partial charge >= 0.3 is 0 Å². The second kappa shape index (κ2) is 6.70. The summed E-state index contributed by atoms with van der Waals surface area (Å²) in [7, 11) is 2.24. The lowest BCUT2D eigenvalue weighted by Gasteiger charge is -2.44. The first kappa shape index (κ1) is 15.5. The van der Waals surface area contributed by atoms with Crippen molar-refractivity contribution in [2.45, 2.75) is 45.3 Å². The summed E-state index contributed by atoms with van der Waals surface area (Å²) in [6.07, 6.45) is 1.20. The first-order valence-electron chi connectivity index (χ1n) is 7.80.